The average molecular weight is 495 g/mol. The van der Waals surface area contributed by atoms with E-state index in [1.807, 2.05) is 0 Å². The van der Waals surface area contributed by atoms with E-state index in [2.05, 4.69) is 145 Å². The van der Waals surface area contributed by atoms with Crippen molar-refractivity contribution >= 4 is 12.2 Å². The van der Waals surface area contributed by atoms with Crippen LogP contribution in [0.1, 0.15) is 81.2 Å². The number of fused-ring (bicyclic) bond motifs is 2. The van der Waals surface area contributed by atoms with Gasteiger partial charge in [-0.2, -0.15) is 0 Å². The van der Waals surface area contributed by atoms with Crippen LogP contribution >= 0.6 is 0 Å². The molecule has 0 heteroatoms. The normalized spacial score (nSPS) is 18.3. The molecule has 0 spiro atoms. The number of hydrogen-bond acceptors (Lipinski definition) is 0. The molecule has 2 atom stereocenters. The summed E-state index contributed by atoms with van der Waals surface area (Å²) in [5.74, 6) is 1.16. The summed E-state index contributed by atoms with van der Waals surface area (Å²) in [6.45, 7) is 13.9. The Morgan fingerprint density at radius 1 is 0.632 bits per heavy atom. The summed E-state index contributed by atoms with van der Waals surface area (Å²) in [7, 11) is 0. The van der Waals surface area contributed by atoms with Gasteiger partial charge in [0.2, 0.25) is 0 Å². The summed E-state index contributed by atoms with van der Waals surface area (Å²) in [6.07, 6.45) is 4.95. The summed E-state index contributed by atoms with van der Waals surface area (Å²) in [4.78, 5) is 0. The van der Waals surface area contributed by atoms with E-state index in [1.54, 1.807) is 5.57 Å². The van der Waals surface area contributed by atoms with Gasteiger partial charge in [-0.1, -0.05) is 149 Å². The molecule has 0 saturated carbocycles. The molecule has 190 valence electrons. The van der Waals surface area contributed by atoms with Crippen LogP contribution in [-0.2, 0) is 5.41 Å². The van der Waals surface area contributed by atoms with Crippen LogP contribution in [0.5, 0.6) is 0 Å². The molecule has 0 amide bonds. The highest BCUT2D eigenvalue weighted by molar-refractivity contribution is 5.85. The monoisotopic (exact) mass is 494 g/mol. The van der Waals surface area contributed by atoms with Crippen molar-refractivity contribution in [3.63, 3.8) is 0 Å². The van der Waals surface area contributed by atoms with Crippen molar-refractivity contribution < 1.29 is 0 Å². The molecule has 0 saturated heterocycles. The molecule has 2 aliphatic carbocycles. The van der Waals surface area contributed by atoms with Crippen molar-refractivity contribution in [2.75, 3.05) is 0 Å². The molecule has 0 aliphatic heterocycles. The van der Waals surface area contributed by atoms with Gasteiger partial charge in [0.15, 0.2) is 0 Å². The van der Waals surface area contributed by atoms with Crippen LogP contribution in [0.4, 0.5) is 0 Å². The van der Waals surface area contributed by atoms with Gasteiger partial charge < -0.3 is 0 Å². The molecule has 0 radical (unpaired) electrons. The zero-order valence-electron chi connectivity index (χ0n) is 23.5. The standard InChI is InChI=1S/C38H38/c1-24(2)33-23-34-30(26-12-8-7-9-13-26)15-11-17-32(34)37(33)35-25(3)22-28-14-10-16-31(36(28)35)27-18-20-29(21-19-27)38(4,5)6/h7-24,35,37H,1-6H3. The van der Waals surface area contributed by atoms with E-state index < -0.39 is 0 Å². The van der Waals surface area contributed by atoms with Crippen molar-refractivity contribution in [1.29, 1.82) is 0 Å². The van der Waals surface area contributed by atoms with E-state index in [1.165, 1.54) is 55.6 Å². The predicted molar refractivity (Wildman–Crippen MR) is 164 cm³/mol. The maximum absolute atomic E-state index is 2.51. The molecule has 0 N–H and O–H groups in total. The zero-order chi connectivity index (χ0) is 26.6. The Morgan fingerprint density at radius 3 is 1.97 bits per heavy atom. The SMILES string of the molecule is CC1=Cc2cccc(-c3ccc(C(C)(C)C)cc3)c2C1C1C(C(C)C)=Cc2c(-c3ccccc3)cccc21. The van der Waals surface area contributed by atoms with E-state index in [-0.39, 0.29) is 5.41 Å². The maximum Gasteiger partial charge on any atom is 0.0167 e. The highest BCUT2D eigenvalue weighted by Gasteiger charge is 2.40. The smallest absolute Gasteiger partial charge is 0.0167 e. The van der Waals surface area contributed by atoms with Gasteiger partial charge in [0.1, 0.15) is 0 Å². The van der Waals surface area contributed by atoms with Crippen LogP contribution in [0, 0.1) is 5.92 Å². The van der Waals surface area contributed by atoms with Crippen LogP contribution < -0.4 is 0 Å². The average Bonchev–Trinajstić information content (AvgIpc) is 3.45. The van der Waals surface area contributed by atoms with Gasteiger partial charge >= 0.3 is 0 Å². The molecule has 0 heterocycles. The van der Waals surface area contributed by atoms with E-state index in [0.717, 1.165) is 0 Å². The third-order valence-corrected chi connectivity index (χ3v) is 8.62. The third-order valence-electron chi connectivity index (χ3n) is 8.62. The van der Waals surface area contributed by atoms with Gasteiger partial charge in [-0.05, 0) is 68.3 Å². The quantitative estimate of drug-likeness (QED) is 0.265. The highest BCUT2D eigenvalue weighted by atomic mass is 14.4. The molecule has 0 bridgehead atoms. The summed E-state index contributed by atoms with van der Waals surface area (Å²) in [6, 6.07) is 34.0. The molecule has 0 aromatic heterocycles. The van der Waals surface area contributed by atoms with Crippen LogP contribution in [0.2, 0.25) is 0 Å². The van der Waals surface area contributed by atoms with E-state index in [0.29, 0.717) is 17.8 Å². The number of rotatable bonds is 4. The van der Waals surface area contributed by atoms with Gasteiger partial charge in [0.05, 0.1) is 0 Å². The van der Waals surface area contributed by atoms with Crippen LogP contribution in [0.25, 0.3) is 34.4 Å². The first kappa shape index (κ1) is 24.7. The van der Waals surface area contributed by atoms with Gasteiger partial charge in [0.25, 0.3) is 0 Å². The van der Waals surface area contributed by atoms with Crippen molar-refractivity contribution in [3.8, 4) is 22.3 Å². The van der Waals surface area contributed by atoms with E-state index in [9.17, 15) is 0 Å². The molecular formula is C38H38. The van der Waals surface area contributed by atoms with Crippen LogP contribution in [0.3, 0.4) is 0 Å². The zero-order valence-corrected chi connectivity index (χ0v) is 23.5. The molecule has 0 nitrogen and oxygen atoms in total. The van der Waals surface area contributed by atoms with E-state index in [4.69, 9.17) is 0 Å². The largest absolute Gasteiger partial charge is 0.0642 e. The molecule has 38 heavy (non-hydrogen) atoms. The summed E-state index contributed by atoms with van der Waals surface area (Å²) >= 11 is 0. The van der Waals surface area contributed by atoms with Crippen molar-refractivity contribution in [3.05, 3.63) is 130 Å². The summed E-state index contributed by atoms with van der Waals surface area (Å²) < 4.78 is 0. The van der Waals surface area contributed by atoms with Gasteiger partial charge in [0, 0.05) is 11.8 Å². The number of benzene rings is 4. The third kappa shape index (κ3) is 4.08. The van der Waals surface area contributed by atoms with Crippen molar-refractivity contribution in [2.24, 2.45) is 5.92 Å². The minimum Gasteiger partial charge on any atom is -0.0642 e. The summed E-state index contributed by atoms with van der Waals surface area (Å²) in [5.41, 5.74) is 15.6. The van der Waals surface area contributed by atoms with Crippen molar-refractivity contribution in [1.82, 2.24) is 0 Å². The Hall–Kier alpha value is -3.64. The molecule has 4 aromatic rings. The first-order valence-electron chi connectivity index (χ1n) is 14.1. The predicted octanol–water partition coefficient (Wildman–Crippen LogP) is 10.7. The van der Waals surface area contributed by atoms with Crippen LogP contribution in [0.15, 0.2) is 102 Å². The van der Waals surface area contributed by atoms with Gasteiger partial charge in [-0.25, -0.2) is 0 Å². The highest BCUT2D eigenvalue weighted by Crippen LogP contribution is 2.56. The molecule has 2 aliphatic rings. The second-order valence-electron chi connectivity index (χ2n) is 12.5. The minimum absolute atomic E-state index is 0.152. The van der Waals surface area contributed by atoms with Crippen LogP contribution in [-0.4, -0.2) is 0 Å². The lowest BCUT2D eigenvalue weighted by molar-refractivity contribution is 0.590. The molecular weight excluding hydrogens is 456 g/mol. The Bertz CT molecular complexity index is 1550. The van der Waals surface area contributed by atoms with E-state index >= 15 is 0 Å². The fraction of sp³-hybridized carbons (Fsp3) is 0.263. The summed E-state index contributed by atoms with van der Waals surface area (Å²) in [5, 5.41) is 0. The molecule has 2 unspecified atom stereocenters. The first-order chi connectivity index (χ1) is 18.2. The lowest BCUT2D eigenvalue weighted by Gasteiger charge is -2.30. The Kier molecular flexibility index (Phi) is 6.03. The number of hydrogen-bond donors (Lipinski definition) is 0. The fourth-order valence-corrected chi connectivity index (χ4v) is 6.67. The second kappa shape index (κ2) is 9.28. The molecule has 6 rings (SSSR count). The van der Waals surface area contributed by atoms with Gasteiger partial charge in [-0.3, -0.25) is 0 Å². The van der Waals surface area contributed by atoms with Gasteiger partial charge in [-0.15, -0.1) is 0 Å². The fourth-order valence-electron chi connectivity index (χ4n) is 6.67. The second-order valence-corrected chi connectivity index (χ2v) is 12.5. The lowest BCUT2D eigenvalue weighted by atomic mass is 9.73. The Morgan fingerprint density at radius 2 is 1.29 bits per heavy atom. The Labute approximate surface area is 228 Å². The molecule has 0 fully saturated rings. The molecule has 4 aromatic carbocycles. The maximum atomic E-state index is 2.51. The topological polar surface area (TPSA) is 0 Å². The number of allylic oxidation sites excluding steroid dienone is 2. The minimum atomic E-state index is 0.152. The first-order valence-corrected chi connectivity index (χ1v) is 14.1. The van der Waals surface area contributed by atoms with Crippen molar-refractivity contribution in [2.45, 2.75) is 58.8 Å². The Balaban J connectivity index is 1.51. The lowest BCUT2D eigenvalue weighted by Crippen LogP contribution is -2.15.